The van der Waals surface area contributed by atoms with E-state index in [1.54, 1.807) is 32.4 Å². The lowest BCUT2D eigenvalue weighted by Gasteiger charge is -2.11. The highest BCUT2D eigenvalue weighted by Crippen LogP contribution is 2.34. The summed E-state index contributed by atoms with van der Waals surface area (Å²) in [6.07, 6.45) is 0. The van der Waals surface area contributed by atoms with E-state index in [0.717, 1.165) is 5.75 Å². The quantitative estimate of drug-likeness (QED) is 0.841. The van der Waals surface area contributed by atoms with Crippen LogP contribution in [0.25, 0.3) is 0 Å². The third-order valence-electron chi connectivity index (χ3n) is 2.52. The van der Waals surface area contributed by atoms with Gasteiger partial charge in [0.1, 0.15) is 22.9 Å². The van der Waals surface area contributed by atoms with Gasteiger partial charge in [0.15, 0.2) is 5.75 Å². The summed E-state index contributed by atoms with van der Waals surface area (Å²) >= 11 is 0. The molecule has 0 amide bonds. The molecule has 0 aliphatic heterocycles. The van der Waals surface area contributed by atoms with E-state index in [2.05, 4.69) is 0 Å². The Morgan fingerprint density at radius 3 is 2.22 bits per heavy atom. The molecule has 2 aromatic rings. The number of hydrogen-bond donors (Lipinski definition) is 1. The van der Waals surface area contributed by atoms with Gasteiger partial charge < -0.3 is 19.9 Å². The predicted octanol–water partition coefficient (Wildman–Crippen LogP) is 3.08. The van der Waals surface area contributed by atoms with Crippen molar-refractivity contribution in [2.45, 2.75) is 0 Å². The van der Waals surface area contributed by atoms with E-state index in [-0.39, 0.29) is 0 Å². The highest BCUT2D eigenvalue weighted by molar-refractivity contribution is 5.63. The maximum Gasteiger partial charge on any atom is 0.154 e. The normalized spacial score (nSPS) is 9.89. The molecule has 0 fully saturated rings. The van der Waals surface area contributed by atoms with E-state index in [0.29, 0.717) is 22.9 Å². The summed E-state index contributed by atoms with van der Waals surface area (Å²) in [5.41, 5.74) is 6.41. The van der Waals surface area contributed by atoms with Crippen molar-refractivity contribution in [3.63, 3.8) is 0 Å². The number of para-hydroxylation sites is 1. The first-order chi connectivity index (χ1) is 8.74. The molecule has 2 aromatic carbocycles. The minimum Gasteiger partial charge on any atom is -0.497 e. The molecule has 0 heterocycles. The number of nitrogen functional groups attached to an aromatic ring is 1. The monoisotopic (exact) mass is 245 g/mol. The SMILES string of the molecule is COc1cccc(Oc2cccc(OC)c2N)c1. The molecule has 2 rings (SSSR count). The smallest absolute Gasteiger partial charge is 0.154 e. The van der Waals surface area contributed by atoms with Gasteiger partial charge in [-0.3, -0.25) is 0 Å². The summed E-state index contributed by atoms with van der Waals surface area (Å²) in [7, 11) is 3.18. The second-order valence-electron chi connectivity index (χ2n) is 3.65. The summed E-state index contributed by atoms with van der Waals surface area (Å²) in [6, 6.07) is 12.7. The zero-order valence-corrected chi connectivity index (χ0v) is 10.3. The number of ether oxygens (including phenoxy) is 3. The summed E-state index contributed by atoms with van der Waals surface area (Å²) in [6.45, 7) is 0. The van der Waals surface area contributed by atoms with Gasteiger partial charge in [-0.05, 0) is 24.3 Å². The maximum absolute atomic E-state index is 5.93. The first-order valence-corrected chi connectivity index (χ1v) is 5.49. The first kappa shape index (κ1) is 12.1. The highest BCUT2D eigenvalue weighted by Gasteiger charge is 2.07. The molecular formula is C14H15NO3. The van der Waals surface area contributed by atoms with Crippen LogP contribution in [0.2, 0.25) is 0 Å². The molecule has 0 spiro atoms. The summed E-state index contributed by atoms with van der Waals surface area (Å²) in [4.78, 5) is 0. The number of rotatable bonds is 4. The number of benzene rings is 2. The lowest BCUT2D eigenvalue weighted by Crippen LogP contribution is -1.96. The summed E-state index contributed by atoms with van der Waals surface area (Å²) in [5, 5.41) is 0. The Kier molecular flexibility index (Phi) is 3.57. The third-order valence-corrected chi connectivity index (χ3v) is 2.52. The van der Waals surface area contributed by atoms with Gasteiger partial charge >= 0.3 is 0 Å². The van der Waals surface area contributed by atoms with Gasteiger partial charge in [-0.1, -0.05) is 12.1 Å². The van der Waals surface area contributed by atoms with Gasteiger partial charge in [0.05, 0.1) is 14.2 Å². The summed E-state index contributed by atoms with van der Waals surface area (Å²) in [5.74, 6) is 2.54. The molecule has 0 radical (unpaired) electrons. The van der Waals surface area contributed by atoms with Crippen LogP contribution in [0.4, 0.5) is 5.69 Å². The number of nitrogens with two attached hydrogens (primary N) is 1. The van der Waals surface area contributed by atoms with Crippen molar-refractivity contribution in [2.75, 3.05) is 20.0 Å². The lowest BCUT2D eigenvalue weighted by atomic mass is 10.2. The van der Waals surface area contributed by atoms with Crippen molar-refractivity contribution in [1.82, 2.24) is 0 Å². The minimum atomic E-state index is 0.475. The van der Waals surface area contributed by atoms with Crippen LogP contribution < -0.4 is 19.9 Å². The number of methoxy groups -OCH3 is 2. The zero-order chi connectivity index (χ0) is 13.0. The van der Waals surface area contributed by atoms with Crippen molar-refractivity contribution in [2.24, 2.45) is 0 Å². The fourth-order valence-corrected chi connectivity index (χ4v) is 1.58. The highest BCUT2D eigenvalue weighted by atomic mass is 16.5. The zero-order valence-electron chi connectivity index (χ0n) is 10.3. The molecule has 4 nitrogen and oxygen atoms in total. The molecule has 18 heavy (non-hydrogen) atoms. The second kappa shape index (κ2) is 5.31. The van der Waals surface area contributed by atoms with Gasteiger partial charge in [0.25, 0.3) is 0 Å². The average Bonchev–Trinajstić information content (AvgIpc) is 2.41. The largest absolute Gasteiger partial charge is 0.497 e. The van der Waals surface area contributed by atoms with Crippen LogP contribution >= 0.6 is 0 Å². The molecular weight excluding hydrogens is 230 g/mol. The second-order valence-corrected chi connectivity index (χ2v) is 3.65. The van der Waals surface area contributed by atoms with Crippen LogP contribution in [0.1, 0.15) is 0 Å². The van der Waals surface area contributed by atoms with Crippen molar-refractivity contribution < 1.29 is 14.2 Å². The van der Waals surface area contributed by atoms with E-state index >= 15 is 0 Å². The fraction of sp³-hybridized carbons (Fsp3) is 0.143. The fourth-order valence-electron chi connectivity index (χ4n) is 1.58. The van der Waals surface area contributed by atoms with E-state index in [9.17, 15) is 0 Å². The van der Waals surface area contributed by atoms with Crippen molar-refractivity contribution in [3.8, 4) is 23.0 Å². The van der Waals surface area contributed by atoms with Crippen LogP contribution in [-0.2, 0) is 0 Å². The molecule has 0 saturated carbocycles. The van der Waals surface area contributed by atoms with Crippen LogP contribution in [0, 0.1) is 0 Å². The van der Waals surface area contributed by atoms with Gasteiger partial charge in [-0.15, -0.1) is 0 Å². The van der Waals surface area contributed by atoms with Gasteiger partial charge in [-0.25, -0.2) is 0 Å². The van der Waals surface area contributed by atoms with Crippen molar-refractivity contribution in [1.29, 1.82) is 0 Å². The molecule has 0 bridgehead atoms. The van der Waals surface area contributed by atoms with Crippen LogP contribution in [0.3, 0.4) is 0 Å². The molecule has 0 unspecified atom stereocenters. The Bertz CT molecular complexity index is 540. The van der Waals surface area contributed by atoms with E-state index in [4.69, 9.17) is 19.9 Å². The van der Waals surface area contributed by atoms with Gasteiger partial charge in [0, 0.05) is 6.07 Å². The maximum atomic E-state index is 5.93. The molecule has 0 aliphatic carbocycles. The third kappa shape index (κ3) is 2.48. The van der Waals surface area contributed by atoms with Crippen molar-refractivity contribution >= 4 is 5.69 Å². The van der Waals surface area contributed by atoms with E-state index in [1.807, 2.05) is 24.3 Å². The van der Waals surface area contributed by atoms with E-state index < -0.39 is 0 Å². The molecule has 0 atom stereocenters. The summed E-state index contributed by atoms with van der Waals surface area (Å²) < 4.78 is 16.0. The molecule has 0 saturated heterocycles. The first-order valence-electron chi connectivity index (χ1n) is 5.49. The molecule has 0 aliphatic rings. The van der Waals surface area contributed by atoms with E-state index in [1.165, 1.54) is 0 Å². The minimum absolute atomic E-state index is 0.475. The van der Waals surface area contributed by atoms with Gasteiger partial charge in [-0.2, -0.15) is 0 Å². The van der Waals surface area contributed by atoms with Crippen LogP contribution in [-0.4, -0.2) is 14.2 Å². The molecule has 0 aromatic heterocycles. The molecule has 94 valence electrons. The Morgan fingerprint density at radius 1 is 0.833 bits per heavy atom. The Labute approximate surface area is 106 Å². The predicted molar refractivity (Wildman–Crippen MR) is 70.5 cm³/mol. The van der Waals surface area contributed by atoms with Crippen LogP contribution in [0.15, 0.2) is 42.5 Å². The van der Waals surface area contributed by atoms with Gasteiger partial charge in [0.2, 0.25) is 0 Å². The Hall–Kier alpha value is -2.36. The Balaban J connectivity index is 2.28. The number of hydrogen-bond acceptors (Lipinski definition) is 4. The molecule has 2 N–H and O–H groups in total. The topological polar surface area (TPSA) is 53.7 Å². The molecule has 4 heteroatoms. The lowest BCUT2D eigenvalue weighted by molar-refractivity contribution is 0.406. The average molecular weight is 245 g/mol. The number of anilines is 1. The standard InChI is InChI=1S/C14H15NO3/c1-16-10-5-3-6-11(9-10)18-13-8-4-7-12(17-2)14(13)15/h3-9H,15H2,1-2H3. The Morgan fingerprint density at radius 2 is 1.50 bits per heavy atom. The van der Waals surface area contributed by atoms with Crippen LogP contribution in [0.5, 0.6) is 23.0 Å². The van der Waals surface area contributed by atoms with Crippen molar-refractivity contribution in [3.05, 3.63) is 42.5 Å².